The van der Waals surface area contributed by atoms with Crippen LogP contribution < -0.4 is 0 Å². The van der Waals surface area contributed by atoms with Crippen LogP contribution in [-0.4, -0.2) is 67.3 Å². The summed E-state index contributed by atoms with van der Waals surface area (Å²) in [7, 11) is 0. The van der Waals surface area contributed by atoms with Gasteiger partial charge in [0.15, 0.2) is 12.7 Å². The maximum absolute atomic E-state index is 12.6. The summed E-state index contributed by atoms with van der Waals surface area (Å²) in [6.45, 7) is 3.07. The van der Waals surface area contributed by atoms with Crippen molar-refractivity contribution >= 4 is 23.9 Å². The summed E-state index contributed by atoms with van der Waals surface area (Å²) >= 11 is 0. The van der Waals surface area contributed by atoms with Gasteiger partial charge in [-0.05, 0) is 27.2 Å². The van der Waals surface area contributed by atoms with Gasteiger partial charge in [-0.25, -0.2) is 14.4 Å². The molecule has 0 aliphatic heterocycles. The first-order valence-corrected chi connectivity index (χ1v) is 9.01. The molecule has 0 aromatic carbocycles. The number of hydrogen-bond donors (Lipinski definition) is 0. The summed E-state index contributed by atoms with van der Waals surface area (Å²) in [5.41, 5.74) is -1.16. The largest absolute Gasteiger partial charge is 0.453 e. The van der Waals surface area contributed by atoms with Crippen LogP contribution in [0, 0.1) is 5.41 Å². The molecule has 0 aliphatic carbocycles. The number of esters is 4. The molecule has 0 radical (unpaired) electrons. The maximum atomic E-state index is 12.6. The van der Waals surface area contributed by atoms with Crippen LogP contribution in [0.25, 0.3) is 0 Å². The summed E-state index contributed by atoms with van der Waals surface area (Å²) in [6.07, 6.45) is -28.9. The van der Waals surface area contributed by atoms with E-state index in [9.17, 15) is 58.7 Å². The molecule has 0 saturated heterocycles. The van der Waals surface area contributed by atoms with E-state index in [4.69, 9.17) is 0 Å². The predicted molar refractivity (Wildman–Crippen MR) is 88.5 cm³/mol. The number of hydrogen-bond acceptors (Lipinski definition) is 8. The van der Waals surface area contributed by atoms with Crippen molar-refractivity contribution in [2.45, 2.75) is 71.0 Å². The third-order valence-corrected chi connectivity index (χ3v) is 4.02. The highest BCUT2D eigenvalue weighted by molar-refractivity contribution is 6.00. The fourth-order valence-corrected chi connectivity index (χ4v) is 1.62. The van der Waals surface area contributed by atoms with Crippen molar-refractivity contribution in [3.63, 3.8) is 0 Å². The molecule has 2 unspecified atom stereocenters. The molecule has 0 fully saturated rings. The third kappa shape index (κ3) is 9.62. The lowest BCUT2D eigenvalue weighted by Crippen LogP contribution is -2.50. The molecule has 8 nitrogen and oxygen atoms in total. The van der Waals surface area contributed by atoms with E-state index in [-0.39, 0.29) is 13.3 Å². The Kier molecular flexibility index (Phi) is 10.2. The normalized spacial score (nSPS) is 14.8. The predicted octanol–water partition coefficient (Wildman–Crippen LogP) is 3.41. The molecule has 0 spiro atoms. The molecule has 0 N–H and O–H groups in total. The zero-order chi connectivity index (χ0) is 27.3. The number of alkyl halides is 9. The number of carbonyl (C=O) groups is 4. The third-order valence-electron chi connectivity index (χ3n) is 4.02. The van der Waals surface area contributed by atoms with E-state index >= 15 is 0 Å². The lowest BCUT2D eigenvalue weighted by molar-refractivity contribution is -0.315. The summed E-state index contributed by atoms with van der Waals surface area (Å²) in [5, 5.41) is 0. The Morgan fingerprint density at radius 2 is 1.18 bits per heavy atom. The molecule has 0 aliphatic rings. The van der Waals surface area contributed by atoms with Crippen LogP contribution in [0.5, 0.6) is 0 Å². The molecule has 2 atom stereocenters. The molecule has 0 rings (SSSR count). The summed E-state index contributed by atoms with van der Waals surface area (Å²) in [4.78, 5) is 47.2. The lowest BCUT2D eigenvalue weighted by atomic mass is 9.91. The Hall–Kier alpha value is -2.75. The Morgan fingerprint density at radius 3 is 1.56 bits per heavy atom. The van der Waals surface area contributed by atoms with E-state index in [1.54, 1.807) is 6.92 Å². The van der Waals surface area contributed by atoms with Crippen LogP contribution in [0.1, 0.15) is 34.1 Å². The average Bonchev–Trinajstić information content (AvgIpc) is 2.65. The second-order valence-corrected chi connectivity index (χ2v) is 7.20. The van der Waals surface area contributed by atoms with Gasteiger partial charge in [-0.2, -0.15) is 39.5 Å². The lowest BCUT2D eigenvalue weighted by Gasteiger charge is -2.25. The van der Waals surface area contributed by atoms with Crippen LogP contribution in [0.4, 0.5) is 39.5 Å². The molecular weight excluding hydrogens is 503 g/mol. The first-order valence-electron chi connectivity index (χ1n) is 9.01. The second kappa shape index (κ2) is 11.1. The molecule has 198 valence electrons. The molecule has 0 heterocycles. The fourth-order valence-electron chi connectivity index (χ4n) is 1.62. The highest BCUT2D eigenvalue weighted by atomic mass is 19.4. The zero-order valence-corrected chi connectivity index (χ0v) is 17.8. The minimum Gasteiger partial charge on any atom is -0.453 e. The Morgan fingerprint density at radius 1 is 0.735 bits per heavy atom. The highest BCUT2D eigenvalue weighted by Gasteiger charge is 2.61. The Balaban J connectivity index is 5.75. The van der Waals surface area contributed by atoms with E-state index in [2.05, 4.69) is 18.9 Å². The standard InChI is InChI=1S/C17H19F9O8/c1-5-14(3,4)13(30)31-6-8(27)33-9(10(28)32-7(2)15(18,19)20)11(29)34-12(16(21,22)23)17(24,25)26/h7,9,12H,5-6H2,1-4H3. The molecule has 0 aromatic heterocycles. The fraction of sp³-hybridized carbons (Fsp3) is 0.765. The van der Waals surface area contributed by atoms with Crippen molar-refractivity contribution in [3.05, 3.63) is 0 Å². The number of ether oxygens (including phenoxy) is 4. The van der Waals surface area contributed by atoms with Crippen LogP contribution in [-0.2, 0) is 38.1 Å². The van der Waals surface area contributed by atoms with Crippen molar-refractivity contribution in [2.24, 2.45) is 5.41 Å². The van der Waals surface area contributed by atoms with E-state index < -0.39 is 72.7 Å². The Labute approximate surface area is 185 Å². The highest BCUT2D eigenvalue weighted by Crippen LogP contribution is 2.36. The van der Waals surface area contributed by atoms with Gasteiger partial charge in [0.1, 0.15) is 0 Å². The van der Waals surface area contributed by atoms with Gasteiger partial charge in [-0.3, -0.25) is 4.79 Å². The molecule has 17 heteroatoms. The number of carbonyl (C=O) groups excluding carboxylic acids is 4. The Bertz CT molecular complexity index is 742. The van der Waals surface area contributed by atoms with Gasteiger partial charge < -0.3 is 18.9 Å². The SMILES string of the molecule is CCC(C)(C)C(=O)OCC(=O)OC(C(=O)OC(C)C(F)(F)F)C(=O)OC(C(F)(F)F)C(F)(F)F. The molecule has 0 aromatic rings. The number of halogens is 9. The molecule has 34 heavy (non-hydrogen) atoms. The van der Waals surface area contributed by atoms with E-state index in [1.165, 1.54) is 13.8 Å². The van der Waals surface area contributed by atoms with Gasteiger partial charge in [-0.1, -0.05) is 6.92 Å². The molecule has 0 saturated carbocycles. The summed E-state index contributed by atoms with van der Waals surface area (Å²) < 4.78 is 129. The van der Waals surface area contributed by atoms with Gasteiger partial charge in [0.05, 0.1) is 5.41 Å². The minimum atomic E-state index is -6.26. The monoisotopic (exact) mass is 522 g/mol. The first-order chi connectivity index (χ1) is 15.0. The molecule has 0 bridgehead atoms. The van der Waals surface area contributed by atoms with Crippen LogP contribution in [0.2, 0.25) is 0 Å². The van der Waals surface area contributed by atoms with Gasteiger partial charge in [0.2, 0.25) is 0 Å². The molecule has 0 amide bonds. The first kappa shape index (κ1) is 31.2. The van der Waals surface area contributed by atoms with Crippen molar-refractivity contribution < 1.29 is 77.6 Å². The topological polar surface area (TPSA) is 105 Å². The summed E-state index contributed by atoms with van der Waals surface area (Å²) in [6, 6.07) is 0. The average molecular weight is 522 g/mol. The van der Waals surface area contributed by atoms with Gasteiger partial charge in [0, 0.05) is 0 Å². The van der Waals surface area contributed by atoms with Crippen molar-refractivity contribution in [2.75, 3.05) is 6.61 Å². The summed E-state index contributed by atoms with van der Waals surface area (Å²) in [5.74, 6) is -8.26. The smallest absolute Gasteiger partial charge is 0.434 e. The van der Waals surface area contributed by atoms with E-state index in [0.29, 0.717) is 0 Å². The zero-order valence-electron chi connectivity index (χ0n) is 17.8. The van der Waals surface area contributed by atoms with Crippen molar-refractivity contribution in [3.8, 4) is 0 Å². The van der Waals surface area contributed by atoms with Gasteiger partial charge in [0.25, 0.3) is 12.2 Å². The second-order valence-electron chi connectivity index (χ2n) is 7.20. The van der Waals surface area contributed by atoms with Crippen LogP contribution in [0.15, 0.2) is 0 Å². The quantitative estimate of drug-likeness (QED) is 0.197. The maximum Gasteiger partial charge on any atom is 0.434 e. The van der Waals surface area contributed by atoms with Crippen molar-refractivity contribution in [1.29, 1.82) is 0 Å². The van der Waals surface area contributed by atoms with Crippen molar-refractivity contribution in [1.82, 2.24) is 0 Å². The molecular formula is C17H19F9O8. The van der Waals surface area contributed by atoms with Gasteiger partial charge >= 0.3 is 42.4 Å². The van der Waals surface area contributed by atoms with E-state index in [1.807, 2.05) is 0 Å². The van der Waals surface area contributed by atoms with E-state index in [0.717, 1.165) is 0 Å². The van der Waals surface area contributed by atoms with Gasteiger partial charge in [-0.15, -0.1) is 0 Å². The minimum absolute atomic E-state index is 0.188. The number of rotatable bonds is 9. The van der Waals surface area contributed by atoms with Crippen LogP contribution >= 0.6 is 0 Å². The van der Waals surface area contributed by atoms with Crippen LogP contribution in [0.3, 0.4) is 0 Å².